The molecule has 1 N–H and O–H groups in total. The van der Waals surface area contributed by atoms with E-state index in [0.29, 0.717) is 5.41 Å². The molecule has 1 heterocycles. The Morgan fingerprint density at radius 3 is 2.62 bits per heavy atom. The molecule has 1 rings (SSSR count). The second kappa shape index (κ2) is 6.58. The second-order valence-corrected chi connectivity index (χ2v) is 6.24. The molecule has 0 aliphatic carbocycles. The van der Waals surface area contributed by atoms with Crippen LogP contribution in [-0.2, 0) is 0 Å². The van der Waals surface area contributed by atoms with Gasteiger partial charge in [0.2, 0.25) is 0 Å². The van der Waals surface area contributed by atoms with Crippen LogP contribution >= 0.6 is 0 Å². The predicted octanol–water partition coefficient (Wildman–Crippen LogP) is 1.26. The fraction of sp³-hybridized carbons (Fsp3) is 1.00. The van der Waals surface area contributed by atoms with E-state index in [1.54, 1.807) is 0 Å². The van der Waals surface area contributed by atoms with E-state index in [0.717, 1.165) is 6.54 Å². The Morgan fingerprint density at radius 1 is 1.19 bits per heavy atom. The number of nitrogens with zero attached hydrogens (tertiary/aromatic N) is 2. The van der Waals surface area contributed by atoms with Gasteiger partial charge < -0.3 is 15.1 Å². The first-order valence-corrected chi connectivity index (χ1v) is 6.59. The molecule has 3 nitrogen and oxygen atoms in total. The summed E-state index contributed by atoms with van der Waals surface area (Å²) in [4.78, 5) is 5.04. The zero-order chi connectivity index (χ0) is 12.0. The van der Waals surface area contributed by atoms with Gasteiger partial charge in [-0.2, -0.15) is 0 Å². The van der Waals surface area contributed by atoms with Gasteiger partial charge in [-0.15, -0.1) is 0 Å². The first-order chi connectivity index (χ1) is 7.47. The zero-order valence-corrected chi connectivity index (χ0v) is 11.6. The maximum absolute atomic E-state index is 3.45. The monoisotopic (exact) mass is 227 g/mol. The highest BCUT2D eigenvalue weighted by atomic mass is 15.2. The van der Waals surface area contributed by atoms with E-state index in [1.165, 1.54) is 45.7 Å². The van der Waals surface area contributed by atoms with Gasteiger partial charge in [0.15, 0.2) is 0 Å². The molecule has 0 atom stereocenters. The molecule has 1 aliphatic rings. The molecule has 1 fully saturated rings. The van der Waals surface area contributed by atoms with Crippen molar-refractivity contribution >= 4 is 0 Å². The molecule has 0 radical (unpaired) electrons. The lowest BCUT2D eigenvalue weighted by molar-refractivity contribution is 0.190. The van der Waals surface area contributed by atoms with Gasteiger partial charge in [-0.05, 0) is 32.0 Å². The van der Waals surface area contributed by atoms with Crippen LogP contribution in [0.5, 0.6) is 0 Å². The molecule has 0 aromatic heterocycles. The fourth-order valence-electron chi connectivity index (χ4n) is 2.33. The van der Waals surface area contributed by atoms with Crippen LogP contribution in [0.25, 0.3) is 0 Å². The highest BCUT2D eigenvalue weighted by Gasteiger charge is 2.14. The summed E-state index contributed by atoms with van der Waals surface area (Å²) in [6.07, 6.45) is 1.29. The average Bonchev–Trinajstić information content (AvgIpc) is 2.39. The van der Waals surface area contributed by atoms with Crippen molar-refractivity contribution in [2.45, 2.75) is 27.2 Å². The van der Waals surface area contributed by atoms with Gasteiger partial charge in [0.25, 0.3) is 0 Å². The third-order valence-electron chi connectivity index (χ3n) is 2.97. The summed E-state index contributed by atoms with van der Waals surface area (Å²) in [7, 11) is 2.24. The van der Waals surface area contributed by atoms with Crippen LogP contribution in [0, 0.1) is 5.41 Å². The lowest BCUT2D eigenvalue weighted by Gasteiger charge is -2.29. The van der Waals surface area contributed by atoms with E-state index in [2.05, 4.69) is 42.9 Å². The van der Waals surface area contributed by atoms with Crippen molar-refractivity contribution < 1.29 is 0 Å². The van der Waals surface area contributed by atoms with Crippen molar-refractivity contribution in [3.05, 3.63) is 0 Å². The Balaban J connectivity index is 2.17. The van der Waals surface area contributed by atoms with Crippen molar-refractivity contribution in [1.82, 2.24) is 15.1 Å². The van der Waals surface area contributed by atoms with Crippen LogP contribution in [0.4, 0.5) is 0 Å². The van der Waals surface area contributed by atoms with E-state index >= 15 is 0 Å². The van der Waals surface area contributed by atoms with Crippen molar-refractivity contribution in [3.8, 4) is 0 Å². The molecule has 0 saturated carbocycles. The molecule has 0 spiro atoms. The van der Waals surface area contributed by atoms with Crippen LogP contribution in [0.15, 0.2) is 0 Å². The Hall–Kier alpha value is -0.120. The predicted molar refractivity (Wildman–Crippen MR) is 70.9 cm³/mol. The Labute approximate surface area is 101 Å². The van der Waals surface area contributed by atoms with Crippen molar-refractivity contribution in [3.63, 3.8) is 0 Å². The highest BCUT2D eigenvalue weighted by Crippen LogP contribution is 2.13. The molecule has 0 aromatic rings. The van der Waals surface area contributed by atoms with Gasteiger partial charge in [-0.1, -0.05) is 20.8 Å². The summed E-state index contributed by atoms with van der Waals surface area (Å²) >= 11 is 0. The summed E-state index contributed by atoms with van der Waals surface area (Å²) in [5.74, 6) is 0. The Bertz CT molecular complexity index is 178. The van der Waals surface area contributed by atoms with Gasteiger partial charge in [-0.25, -0.2) is 0 Å². The van der Waals surface area contributed by atoms with Crippen molar-refractivity contribution in [2.75, 3.05) is 52.9 Å². The van der Waals surface area contributed by atoms with E-state index < -0.39 is 0 Å². The van der Waals surface area contributed by atoms with Gasteiger partial charge in [-0.3, -0.25) is 0 Å². The summed E-state index contributed by atoms with van der Waals surface area (Å²) in [5, 5.41) is 3.45. The minimum absolute atomic E-state index is 0.412. The van der Waals surface area contributed by atoms with Crippen LogP contribution in [0.2, 0.25) is 0 Å². The quantitative estimate of drug-likeness (QED) is 0.780. The maximum Gasteiger partial charge on any atom is 0.0110 e. The van der Waals surface area contributed by atoms with Crippen molar-refractivity contribution in [2.24, 2.45) is 5.41 Å². The van der Waals surface area contributed by atoms with Crippen LogP contribution < -0.4 is 5.32 Å². The number of likely N-dealkylation sites (N-methyl/N-ethyl adjacent to an activating group) is 1. The van der Waals surface area contributed by atoms with Crippen LogP contribution in [0.1, 0.15) is 27.2 Å². The van der Waals surface area contributed by atoms with Gasteiger partial charge >= 0.3 is 0 Å². The lowest BCUT2D eigenvalue weighted by Crippen LogP contribution is -2.38. The molecule has 0 bridgehead atoms. The summed E-state index contributed by atoms with van der Waals surface area (Å²) < 4.78 is 0. The zero-order valence-electron chi connectivity index (χ0n) is 11.6. The molecular formula is C13H29N3. The van der Waals surface area contributed by atoms with Gasteiger partial charge in [0.1, 0.15) is 0 Å². The highest BCUT2D eigenvalue weighted by molar-refractivity contribution is 4.70. The average molecular weight is 227 g/mol. The molecule has 0 aromatic carbocycles. The fourth-order valence-corrected chi connectivity index (χ4v) is 2.33. The SMILES string of the molecule is CN(CCN1CCCNCC1)CC(C)(C)C. The Morgan fingerprint density at radius 2 is 1.94 bits per heavy atom. The van der Waals surface area contributed by atoms with Crippen LogP contribution in [-0.4, -0.2) is 62.7 Å². The number of hydrogen-bond donors (Lipinski definition) is 1. The number of hydrogen-bond acceptors (Lipinski definition) is 3. The van der Waals surface area contributed by atoms with E-state index in [-0.39, 0.29) is 0 Å². The molecule has 0 unspecified atom stereocenters. The first kappa shape index (κ1) is 13.9. The second-order valence-electron chi connectivity index (χ2n) is 6.24. The maximum atomic E-state index is 3.45. The lowest BCUT2D eigenvalue weighted by atomic mass is 9.96. The normalized spacial score (nSPS) is 20.1. The standard InChI is InChI=1S/C13H29N3/c1-13(2,3)12-15(4)10-11-16-8-5-6-14-7-9-16/h14H,5-12H2,1-4H3. The first-order valence-electron chi connectivity index (χ1n) is 6.59. The van der Waals surface area contributed by atoms with E-state index in [1.807, 2.05) is 0 Å². The molecule has 0 amide bonds. The smallest absolute Gasteiger partial charge is 0.0110 e. The molecular weight excluding hydrogens is 198 g/mol. The molecule has 3 heteroatoms. The minimum atomic E-state index is 0.412. The van der Waals surface area contributed by atoms with Gasteiger partial charge in [0.05, 0.1) is 0 Å². The summed E-state index contributed by atoms with van der Waals surface area (Å²) in [6.45, 7) is 15.3. The summed E-state index contributed by atoms with van der Waals surface area (Å²) in [5.41, 5.74) is 0.412. The summed E-state index contributed by atoms with van der Waals surface area (Å²) in [6, 6.07) is 0. The van der Waals surface area contributed by atoms with E-state index in [4.69, 9.17) is 0 Å². The molecule has 1 saturated heterocycles. The molecule has 1 aliphatic heterocycles. The van der Waals surface area contributed by atoms with E-state index in [9.17, 15) is 0 Å². The third-order valence-corrected chi connectivity index (χ3v) is 2.97. The third kappa shape index (κ3) is 6.46. The van der Waals surface area contributed by atoms with Crippen LogP contribution in [0.3, 0.4) is 0 Å². The minimum Gasteiger partial charge on any atom is -0.315 e. The topological polar surface area (TPSA) is 18.5 Å². The molecule has 96 valence electrons. The molecule has 16 heavy (non-hydrogen) atoms. The van der Waals surface area contributed by atoms with Crippen molar-refractivity contribution in [1.29, 1.82) is 0 Å². The van der Waals surface area contributed by atoms with Gasteiger partial charge in [0, 0.05) is 32.7 Å². The Kier molecular flexibility index (Phi) is 5.73. The number of nitrogens with one attached hydrogen (secondary N) is 1. The number of rotatable bonds is 4. The largest absolute Gasteiger partial charge is 0.315 e.